The number of nitrogens with one attached hydrogen (secondary N) is 11. The van der Waals surface area contributed by atoms with Crippen LogP contribution in [0, 0.1) is 5.92 Å². The van der Waals surface area contributed by atoms with Crippen LogP contribution < -0.4 is 64.6 Å². The number of aliphatic hydroxyl groups is 3. The molecule has 44 nitrogen and oxygen atoms in total. The van der Waals surface area contributed by atoms with Crippen LogP contribution in [0.15, 0.2) is 85.2 Å². The molecule has 3 aromatic carbocycles. The summed E-state index contributed by atoms with van der Waals surface area (Å²) >= 11 is 0.870. The number of carboxylic acid groups (broad SMARTS) is 2. The average Bonchev–Trinajstić information content (AvgIpc) is 1.66. The molecule has 15 atom stereocenters. The Morgan fingerprint density at radius 1 is 0.510 bits per heavy atom. The van der Waals surface area contributed by atoms with E-state index in [1.165, 1.54) is 69.3 Å². The second-order valence-electron chi connectivity index (χ2n) is 37.3. The quantitative estimate of drug-likeness (QED) is 0.0233. The molecule has 5 heterocycles. The van der Waals surface area contributed by atoms with Gasteiger partial charge in [-0.15, -0.1) is 11.8 Å². The van der Waals surface area contributed by atoms with Crippen LogP contribution in [-0.4, -0.2) is 333 Å². The highest BCUT2D eigenvalue weighted by Gasteiger charge is 2.47. The molecule has 0 bridgehead atoms. The molecule has 0 radical (unpaired) electrons. The van der Waals surface area contributed by atoms with E-state index in [2.05, 4.69) is 58.2 Å². The van der Waals surface area contributed by atoms with E-state index >= 15 is 38.4 Å². The van der Waals surface area contributed by atoms with Crippen LogP contribution in [0.4, 0.5) is 0 Å². The Morgan fingerprint density at radius 2 is 1.05 bits per heavy atom. The van der Waals surface area contributed by atoms with Crippen molar-refractivity contribution in [3.05, 3.63) is 102 Å². The molecule has 784 valence electrons. The first-order valence-electron chi connectivity index (χ1n) is 48.9. The predicted molar refractivity (Wildman–Crippen MR) is 525 cm³/mol. The van der Waals surface area contributed by atoms with Gasteiger partial charge in [-0.2, -0.15) is 0 Å². The Hall–Kier alpha value is -13.3. The maximum atomic E-state index is 15.9. The van der Waals surface area contributed by atoms with Gasteiger partial charge < -0.3 is 129 Å². The van der Waals surface area contributed by atoms with Crippen molar-refractivity contribution in [3.63, 3.8) is 0 Å². The number of thioether (sulfide) groups is 1. The minimum Gasteiger partial charge on any atom is -0.508 e. The normalized spacial score (nSPS) is 24.1. The number of aromatic hydroxyl groups is 1. The molecule has 8 rings (SSSR count). The molecule has 45 heteroatoms. The molecule has 3 aliphatic heterocycles. The first kappa shape index (κ1) is 115. The van der Waals surface area contributed by atoms with Crippen LogP contribution in [-0.2, 0) is 117 Å². The van der Waals surface area contributed by atoms with E-state index in [-0.39, 0.29) is 75.5 Å². The van der Waals surface area contributed by atoms with Gasteiger partial charge in [0.1, 0.15) is 96.9 Å². The number of likely N-dealkylation sites (N-methyl/N-ethyl adjacent to an activating group) is 3. The number of amides is 17. The van der Waals surface area contributed by atoms with Crippen molar-refractivity contribution in [1.82, 2.24) is 87.2 Å². The molecule has 0 saturated carbocycles. The number of para-hydroxylation sites is 2. The summed E-state index contributed by atoms with van der Waals surface area (Å²) in [5.74, 6) is -20.2. The molecular formula is C98H141N19O25S. The van der Waals surface area contributed by atoms with Crippen molar-refractivity contribution >= 4 is 146 Å². The summed E-state index contributed by atoms with van der Waals surface area (Å²) in [6.45, 7) is 4.90. The number of primary amides is 2. The second-order valence-corrected chi connectivity index (χ2v) is 38.3. The zero-order valence-electron chi connectivity index (χ0n) is 82.3. The smallest absolute Gasteiger partial charge is 0.323 e. The molecule has 0 unspecified atom stereocenters. The fourth-order valence-corrected chi connectivity index (χ4v) is 18.7. The van der Waals surface area contributed by atoms with Crippen molar-refractivity contribution in [2.45, 2.75) is 292 Å². The van der Waals surface area contributed by atoms with Gasteiger partial charge in [-0.05, 0) is 105 Å². The summed E-state index contributed by atoms with van der Waals surface area (Å²) < 4.78 is 1.40. The largest absolute Gasteiger partial charge is 0.508 e. The van der Waals surface area contributed by atoms with E-state index in [4.69, 9.17) is 16.6 Å². The van der Waals surface area contributed by atoms with Gasteiger partial charge in [0.15, 0.2) is 0 Å². The first-order valence-corrected chi connectivity index (χ1v) is 50.0. The van der Waals surface area contributed by atoms with Crippen LogP contribution in [0.2, 0.25) is 0 Å². The molecule has 3 saturated heterocycles. The number of phenolic OH excluding ortho intramolecular Hbond substituents is 1. The topological polar surface area (TPSA) is 655 Å². The predicted octanol–water partition coefficient (Wildman–Crippen LogP) is -0.232. The van der Waals surface area contributed by atoms with Crippen LogP contribution >= 0.6 is 11.8 Å². The molecule has 17 amide bonds. The SMILES string of the molecule is CCCC[C@H]1C(=O)N(C)[C@@H](CCCC)C(=O)N[C@@H](CC(C)C)C(=O)N[C@H](C(=O)NCCCCCCCCCCC(=O)O)CSCC(=O)N[C@@H](Cc2ccc(O)cc2)C(=O)N(C)[C@@H](C)C(=O)N[C@@H](CC(N)=O)C(=O)N2CCC[C@H]2C(=O)N[C@@H](CO)C(=O)N[C@H](CCC(N)=O)C(=O)N2C[C@H](O)C[C@H]2C(=O)N[C@@H](Cc2c[nH]c3ccccc23)C(=O)N[C@@H](CO)C(=O)N[C@@H](Cc2cn(CC(=O)O)c3ccccc23)C(=O)N1C. The van der Waals surface area contributed by atoms with Gasteiger partial charge >= 0.3 is 11.9 Å². The lowest BCUT2D eigenvalue weighted by Crippen LogP contribution is -2.62. The third-order valence-electron chi connectivity index (χ3n) is 25.9. The number of fused-ring (bicyclic) bond motifs is 4. The lowest BCUT2D eigenvalue weighted by Gasteiger charge is -2.36. The van der Waals surface area contributed by atoms with Crippen molar-refractivity contribution in [2.75, 3.05) is 65.5 Å². The van der Waals surface area contributed by atoms with Gasteiger partial charge in [-0.25, -0.2) is 0 Å². The lowest BCUT2D eigenvalue weighted by molar-refractivity contribution is -0.149. The summed E-state index contributed by atoms with van der Waals surface area (Å²) in [7, 11) is 3.87. The lowest BCUT2D eigenvalue weighted by atomic mass is 9.99. The minimum atomic E-state index is -2.00. The van der Waals surface area contributed by atoms with Crippen LogP contribution in [0.5, 0.6) is 5.75 Å². The maximum absolute atomic E-state index is 15.9. The highest BCUT2D eigenvalue weighted by molar-refractivity contribution is 8.00. The number of carbonyl (C=O) groups is 19. The number of aliphatic carboxylic acids is 2. The van der Waals surface area contributed by atoms with Crippen molar-refractivity contribution in [3.8, 4) is 5.75 Å². The highest BCUT2D eigenvalue weighted by atomic mass is 32.2. The van der Waals surface area contributed by atoms with Crippen LogP contribution in [0.3, 0.4) is 0 Å². The number of hydrogen-bond donors (Lipinski definition) is 19. The fourth-order valence-electron chi connectivity index (χ4n) is 17.9. The number of H-pyrrole nitrogens is 1. The summed E-state index contributed by atoms with van der Waals surface area (Å²) in [4.78, 5) is 282. The Morgan fingerprint density at radius 3 is 1.68 bits per heavy atom. The second kappa shape index (κ2) is 56.5. The molecule has 21 N–H and O–H groups in total. The number of rotatable bonds is 35. The van der Waals surface area contributed by atoms with E-state index in [9.17, 15) is 78.3 Å². The highest BCUT2D eigenvalue weighted by Crippen LogP contribution is 2.29. The summed E-state index contributed by atoms with van der Waals surface area (Å²) in [6, 6.07) is -3.98. The Kier molecular flexibility index (Phi) is 45.4. The number of nitrogens with two attached hydrogens (primary N) is 2. The summed E-state index contributed by atoms with van der Waals surface area (Å²) in [5.41, 5.74) is 13.4. The molecule has 0 aliphatic carbocycles. The van der Waals surface area contributed by atoms with Gasteiger partial charge in [0.25, 0.3) is 0 Å². The van der Waals surface area contributed by atoms with Gasteiger partial charge in [0, 0.05) is 119 Å². The van der Waals surface area contributed by atoms with Crippen molar-refractivity contribution in [2.24, 2.45) is 17.4 Å². The van der Waals surface area contributed by atoms with E-state index in [1.807, 2.05) is 13.8 Å². The average molecular weight is 2020 g/mol. The Balaban J connectivity index is 1.20. The number of unbranched alkanes of at least 4 members (excludes halogenated alkanes) is 9. The number of hydrogen-bond acceptors (Lipinski definition) is 24. The number of phenols is 1. The van der Waals surface area contributed by atoms with Gasteiger partial charge in [-0.3, -0.25) is 91.1 Å². The van der Waals surface area contributed by atoms with Crippen LogP contribution in [0.1, 0.15) is 193 Å². The minimum absolute atomic E-state index is 0.000223. The molecule has 3 fully saturated rings. The fraction of sp³-hybridized carbons (Fsp3) is 0.582. The van der Waals surface area contributed by atoms with Gasteiger partial charge in [-0.1, -0.05) is 140 Å². The number of aromatic amines is 1. The molecule has 0 spiro atoms. The number of benzene rings is 3. The monoisotopic (exact) mass is 2020 g/mol. The van der Waals surface area contributed by atoms with Gasteiger partial charge in [0.05, 0.1) is 31.5 Å². The standard InChI is InChI=1S/C98H141N19O25S/c1-9-11-29-76-91(135)105-67(42-56(3)4)87(131)111-74(86(130)101-40-24-18-16-14-13-15-17-19-33-83(125)126)54-143-55-82(124)103-69(43-58-34-36-61(120)37-35-58)94(138)112(6)57(5)85(129)107-71(47-81(100)123)97(141)116-41-25-32-77(116)92(136)110-73(53-119)89(133)104-66(38-39-80(99)122)96(140)117-50-62(121)46-79(117)93(137)106-68(44-59-48-102-65-28-22-20-26-63(59)65)88(132)109-72(52-118)90(134)108-70(95(139)114(8)78(30-12-10-2)98(142)113(76)7)45-60-49-115(51-84(127)128)75-31-23-21-27-64(60)75/h20-23,26-28,31,34-37,48-49,56-57,62,66-74,76-79,102,118-121H,9-19,24-25,29-30,32-33,38-47,50-55H2,1-8H3,(H2,99,122)(H2,100,123)(H,101,130)(H,103,124)(H,104,133)(H,105,135)(H,106,137)(H,107,129)(H,108,134)(H,109,132)(H,110,136)(H,111,131)(H,125,126)(H,127,128)/t57-,62+,66+,67-,68-,69-,70-,71-,72-,73-,74-,76-,77-,78-,79-/m0/s1. The van der Waals surface area contributed by atoms with E-state index in [1.54, 1.807) is 62.4 Å². The summed E-state index contributed by atoms with van der Waals surface area (Å²) in [6.07, 6.45) is 5.27. The van der Waals surface area contributed by atoms with Crippen LogP contribution in [0.25, 0.3) is 21.8 Å². The number of aromatic nitrogens is 2. The van der Waals surface area contributed by atoms with Crippen molar-refractivity contribution in [1.29, 1.82) is 0 Å². The van der Waals surface area contributed by atoms with E-state index < -0.39 is 274 Å². The van der Waals surface area contributed by atoms with Gasteiger partial charge in [0.2, 0.25) is 100 Å². The summed E-state index contributed by atoms with van der Waals surface area (Å²) in [5, 5.41) is 90.3. The Labute approximate surface area is 833 Å². The molecule has 2 aromatic heterocycles. The molecule has 5 aromatic rings. The zero-order chi connectivity index (χ0) is 105. The molecule has 3 aliphatic rings. The molecule has 143 heavy (non-hydrogen) atoms. The number of nitrogens with zero attached hydrogens (tertiary/aromatic N) is 6. The maximum Gasteiger partial charge on any atom is 0.323 e. The number of aliphatic hydroxyl groups excluding tert-OH is 3. The van der Waals surface area contributed by atoms with E-state index in [0.717, 1.165) is 68.4 Å². The molecular weight excluding hydrogens is 1880 g/mol. The third-order valence-corrected chi connectivity index (χ3v) is 26.9. The third kappa shape index (κ3) is 33.9. The first-order chi connectivity index (χ1) is 68.1. The number of carboxylic acids is 2. The van der Waals surface area contributed by atoms with Crippen molar-refractivity contribution < 1.29 is 122 Å². The number of carbonyl (C=O) groups excluding carboxylic acids is 17. The van der Waals surface area contributed by atoms with E-state index in [0.29, 0.717) is 83.4 Å². The zero-order valence-corrected chi connectivity index (χ0v) is 83.2. The Bertz CT molecular complexity index is 5290.